The lowest BCUT2D eigenvalue weighted by Crippen LogP contribution is -2.42. The van der Waals surface area contributed by atoms with Crippen molar-refractivity contribution in [1.82, 2.24) is 15.2 Å². The van der Waals surface area contributed by atoms with E-state index in [4.69, 9.17) is 4.42 Å². The summed E-state index contributed by atoms with van der Waals surface area (Å²) in [7, 11) is 0. The molecule has 2 aliphatic rings. The average molecular weight is 263 g/mol. The van der Waals surface area contributed by atoms with Crippen LogP contribution in [0.1, 0.15) is 41.9 Å². The lowest BCUT2D eigenvalue weighted by atomic mass is 9.99. The second-order valence-electron chi connectivity index (χ2n) is 5.67. The molecule has 1 aliphatic heterocycles. The zero-order valence-corrected chi connectivity index (χ0v) is 11.4. The third-order valence-corrected chi connectivity index (χ3v) is 4.04. The second kappa shape index (κ2) is 5.33. The van der Waals surface area contributed by atoms with Crippen molar-refractivity contribution in [3.8, 4) is 0 Å². The van der Waals surface area contributed by atoms with Crippen molar-refractivity contribution >= 4 is 5.91 Å². The van der Waals surface area contributed by atoms with Gasteiger partial charge in [0.2, 0.25) is 5.76 Å². The minimum atomic E-state index is 0.0167. The van der Waals surface area contributed by atoms with Gasteiger partial charge >= 0.3 is 0 Å². The zero-order valence-electron chi connectivity index (χ0n) is 11.4. The topological polar surface area (TPSA) is 58.4 Å². The minimum absolute atomic E-state index is 0.0167. The molecule has 1 N–H and O–H groups in total. The molecule has 104 valence electrons. The second-order valence-corrected chi connectivity index (χ2v) is 5.67. The number of nitrogens with one attached hydrogen (secondary N) is 1. The van der Waals surface area contributed by atoms with E-state index >= 15 is 0 Å². The Hall–Kier alpha value is -1.36. The third-order valence-electron chi connectivity index (χ3n) is 4.04. The van der Waals surface area contributed by atoms with Crippen molar-refractivity contribution in [2.45, 2.75) is 38.6 Å². The number of carbonyl (C=O) groups excluding carboxylic acids is 1. The number of hydrogen-bond donors (Lipinski definition) is 1. The molecule has 3 rings (SSSR count). The maximum Gasteiger partial charge on any atom is 0.291 e. The summed E-state index contributed by atoms with van der Waals surface area (Å²) in [6, 6.07) is 0.416. The van der Waals surface area contributed by atoms with Gasteiger partial charge in [0.1, 0.15) is 0 Å². The van der Waals surface area contributed by atoms with Crippen molar-refractivity contribution in [3.05, 3.63) is 17.8 Å². The van der Waals surface area contributed by atoms with E-state index in [2.05, 4.69) is 10.3 Å². The number of hydrogen-bond acceptors (Lipinski definition) is 4. The largest absolute Gasteiger partial charge is 0.438 e. The predicted octanol–water partition coefficient (Wildman–Crippen LogP) is 1.59. The van der Waals surface area contributed by atoms with Crippen LogP contribution in [0.2, 0.25) is 0 Å². The van der Waals surface area contributed by atoms with Crippen molar-refractivity contribution in [2.75, 3.05) is 19.6 Å². The van der Waals surface area contributed by atoms with E-state index in [0.29, 0.717) is 23.4 Å². The maximum absolute atomic E-state index is 12.6. The van der Waals surface area contributed by atoms with Crippen LogP contribution < -0.4 is 5.32 Å². The molecular formula is C14H21N3O2. The molecule has 1 amide bonds. The summed E-state index contributed by atoms with van der Waals surface area (Å²) >= 11 is 0. The van der Waals surface area contributed by atoms with Crippen molar-refractivity contribution in [2.24, 2.45) is 5.92 Å². The Morgan fingerprint density at radius 1 is 1.53 bits per heavy atom. The van der Waals surface area contributed by atoms with Gasteiger partial charge in [0.05, 0.1) is 5.69 Å². The quantitative estimate of drug-likeness (QED) is 0.896. The highest BCUT2D eigenvalue weighted by molar-refractivity contribution is 5.92. The number of carbonyl (C=O) groups is 1. The molecule has 0 spiro atoms. The highest BCUT2D eigenvalue weighted by Gasteiger charge is 2.36. The van der Waals surface area contributed by atoms with Gasteiger partial charge in [-0.1, -0.05) is 0 Å². The van der Waals surface area contributed by atoms with Crippen LogP contribution in [0.5, 0.6) is 0 Å². The van der Waals surface area contributed by atoms with Crippen LogP contribution in [0, 0.1) is 12.8 Å². The molecule has 19 heavy (non-hydrogen) atoms. The Morgan fingerprint density at radius 2 is 2.37 bits per heavy atom. The summed E-state index contributed by atoms with van der Waals surface area (Å²) in [5.41, 5.74) is 0.692. The number of aromatic nitrogens is 1. The highest BCUT2D eigenvalue weighted by atomic mass is 16.3. The normalized spacial score (nSPS) is 23.3. The lowest BCUT2D eigenvalue weighted by molar-refractivity contribution is 0.0671. The molecule has 2 fully saturated rings. The van der Waals surface area contributed by atoms with E-state index in [-0.39, 0.29) is 5.91 Å². The van der Waals surface area contributed by atoms with Crippen LogP contribution in [0.4, 0.5) is 0 Å². The summed E-state index contributed by atoms with van der Waals surface area (Å²) < 4.78 is 5.26. The standard InChI is InChI=1S/C14H21N3O2/c1-10-13(19-9-16-10)14(18)17(12-4-5-12)8-11-3-2-6-15-7-11/h9,11-12,15H,2-8H2,1H3. The molecule has 1 saturated carbocycles. The van der Waals surface area contributed by atoms with Crippen molar-refractivity contribution in [1.29, 1.82) is 0 Å². The fourth-order valence-corrected chi connectivity index (χ4v) is 2.78. The van der Waals surface area contributed by atoms with Crippen LogP contribution >= 0.6 is 0 Å². The monoisotopic (exact) mass is 263 g/mol. The number of aryl methyl sites for hydroxylation is 1. The molecule has 5 heteroatoms. The van der Waals surface area contributed by atoms with Gasteiger partial charge in [-0.25, -0.2) is 4.98 Å². The zero-order chi connectivity index (χ0) is 13.2. The summed E-state index contributed by atoms with van der Waals surface area (Å²) in [6.45, 7) is 4.79. The van der Waals surface area contributed by atoms with E-state index in [1.165, 1.54) is 19.2 Å². The van der Waals surface area contributed by atoms with Crippen LogP contribution in [-0.2, 0) is 0 Å². The molecule has 1 atom stereocenters. The van der Waals surface area contributed by atoms with E-state index in [1.54, 1.807) is 0 Å². The van der Waals surface area contributed by atoms with Gasteiger partial charge < -0.3 is 14.6 Å². The summed E-state index contributed by atoms with van der Waals surface area (Å²) in [5.74, 6) is 1.00. The molecule has 1 saturated heterocycles. The van der Waals surface area contributed by atoms with Gasteiger partial charge in [0, 0.05) is 12.6 Å². The Kier molecular flexibility index (Phi) is 3.55. The van der Waals surface area contributed by atoms with Crippen molar-refractivity contribution in [3.63, 3.8) is 0 Å². The SMILES string of the molecule is Cc1ncoc1C(=O)N(CC1CCCNC1)C1CC1. The van der Waals surface area contributed by atoms with Gasteiger partial charge in [0.25, 0.3) is 5.91 Å². The van der Waals surface area contributed by atoms with Crippen LogP contribution in [-0.4, -0.2) is 41.5 Å². The number of amides is 1. The molecule has 1 unspecified atom stereocenters. The van der Waals surface area contributed by atoms with E-state index in [0.717, 1.165) is 32.5 Å². The average Bonchev–Trinajstić information content (AvgIpc) is 3.18. The Labute approximate surface area is 113 Å². The first-order valence-electron chi connectivity index (χ1n) is 7.17. The highest BCUT2D eigenvalue weighted by Crippen LogP contribution is 2.30. The summed E-state index contributed by atoms with van der Waals surface area (Å²) in [4.78, 5) is 18.6. The number of rotatable bonds is 4. The molecule has 1 aromatic heterocycles. The predicted molar refractivity (Wildman–Crippen MR) is 70.9 cm³/mol. The Balaban J connectivity index is 1.70. The van der Waals surface area contributed by atoms with Crippen LogP contribution in [0.15, 0.2) is 10.8 Å². The molecule has 0 radical (unpaired) electrons. The third kappa shape index (κ3) is 2.81. The van der Waals surface area contributed by atoms with E-state index < -0.39 is 0 Å². The summed E-state index contributed by atoms with van der Waals surface area (Å²) in [6.07, 6.45) is 6.02. The number of nitrogens with zero attached hydrogens (tertiary/aromatic N) is 2. The molecule has 0 bridgehead atoms. The Morgan fingerprint density at radius 3 is 2.95 bits per heavy atom. The fourth-order valence-electron chi connectivity index (χ4n) is 2.78. The van der Waals surface area contributed by atoms with E-state index in [9.17, 15) is 4.79 Å². The molecular weight excluding hydrogens is 242 g/mol. The molecule has 1 aliphatic carbocycles. The first-order chi connectivity index (χ1) is 9.25. The Bertz CT molecular complexity index is 447. The first-order valence-corrected chi connectivity index (χ1v) is 7.17. The van der Waals surface area contributed by atoms with E-state index in [1.807, 2.05) is 11.8 Å². The molecule has 2 heterocycles. The maximum atomic E-state index is 12.6. The van der Waals surface area contributed by atoms with Crippen molar-refractivity contribution < 1.29 is 9.21 Å². The summed E-state index contributed by atoms with van der Waals surface area (Å²) in [5, 5.41) is 3.41. The van der Waals surface area contributed by atoms with Gasteiger partial charge in [-0.2, -0.15) is 0 Å². The smallest absolute Gasteiger partial charge is 0.291 e. The van der Waals surface area contributed by atoms with Gasteiger partial charge in [-0.15, -0.1) is 0 Å². The fraction of sp³-hybridized carbons (Fsp3) is 0.714. The minimum Gasteiger partial charge on any atom is -0.438 e. The van der Waals surface area contributed by atoms with Crippen LogP contribution in [0.3, 0.4) is 0 Å². The lowest BCUT2D eigenvalue weighted by Gasteiger charge is -2.29. The molecule has 1 aromatic rings. The number of oxazole rings is 1. The van der Waals surface area contributed by atoms with Crippen LogP contribution in [0.25, 0.3) is 0 Å². The first kappa shape index (κ1) is 12.7. The number of piperidine rings is 1. The molecule has 0 aromatic carbocycles. The van der Waals surface area contributed by atoms with Gasteiger partial charge in [0.15, 0.2) is 6.39 Å². The van der Waals surface area contributed by atoms with Gasteiger partial charge in [-0.3, -0.25) is 4.79 Å². The van der Waals surface area contributed by atoms with Gasteiger partial charge in [-0.05, 0) is 51.6 Å². The molecule has 5 nitrogen and oxygen atoms in total.